The third-order valence-electron chi connectivity index (χ3n) is 9.32. The fourth-order valence-corrected chi connectivity index (χ4v) is 6.05. The Morgan fingerprint density at radius 1 is 0.508 bits per heavy atom. The van der Waals surface area contributed by atoms with Crippen LogP contribution in [0, 0.1) is 6.92 Å². The number of halogens is 1. The second kappa shape index (κ2) is 20.8. The van der Waals surface area contributed by atoms with E-state index in [4.69, 9.17) is 5.73 Å². The molecule has 61 heavy (non-hydrogen) atoms. The number of nitrogens with two attached hydrogens (primary N) is 1. The Kier molecular flexibility index (Phi) is 15.1. The van der Waals surface area contributed by atoms with Crippen LogP contribution in [0.1, 0.15) is 33.7 Å². The van der Waals surface area contributed by atoms with E-state index in [-0.39, 0.29) is 31.6 Å². The molecular formula is C49H49ClN9O2+. The molecule has 308 valence electrons. The van der Waals surface area contributed by atoms with Crippen LogP contribution >= 0.6 is 0 Å². The predicted molar refractivity (Wildman–Crippen MR) is 244 cm³/mol. The molecular weight excluding hydrogens is 782 g/mol. The quantitative estimate of drug-likeness (QED) is 0.0656. The number of fused-ring (bicyclic) bond motifs is 1. The van der Waals surface area contributed by atoms with E-state index >= 15 is 0 Å². The van der Waals surface area contributed by atoms with Gasteiger partial charge in [0.2, 0.25) is 0 Å². The molecule has 0 saturated heterocycles. The SMILES string of the molecule is C.C[n+]1ccc(Nc2ccc(C(=O)Nc3ccc(N)cc3)cc2)cc1.Cc1ccc2nccc(Nc3ccc(NC(=O)c4ccc(Nc5cc[n+](C)cc5)cc4)cc3)c2c1.[Cl-]. The third-order valence-corrected chi connectivity index (χ3v) is 9.32. The Balaban J connectivity index is 0.000000239. The van der Waals surface area contributed by atoms with Crippen molar-refractivity contribution in [1.82, 2.24) is 4.98 Å². The highest BCUT2D eigenvalue weighted by Crippen LogP contribution is 2.27. The van der Waals surface area contributed by atoms with Crippen molar-refractivity contribution in [3.63, 3.8) is 0 Å². The summed E-state index contributed by atoms with van der Waals surface area (Å²) in [5, 5.41) is 17.0. The summed E-state index contributed by atoms with van der Waals surface area (Å²) in [6.45, 7) is 2.07. The highest BCUT2D eigenvalue weighted by Gasteiger charge is 2.09. The summed E-state index contributed by atoms with van der Waals surface area (Å²) in [6.07, 6.45) is 9.69. The van der Waals surface area contributed by atoms with Gasteiger partial charge in [-0.2, -0.15) is 0 Å². The minimum Gasteiger partial charge on any atom is -1.00 e. The average molecular weight is 831 g/mol. The van der Waals surface area contributed by atoms with Crippen molar-refractivity contribution in [3.05, 3.63) is 193 Å². The number of nitrogens with zero attached hydrogens (tertiary/aromatic N) is 3. The molecule has 8 rings (SSSR count). The number of pyridine rings is 3. The van der Waals surface area contributed by atoms with Gasteiger partial charge >= 0.3 is 0 Å². The smallest absolute Gasteiger partial charge is 0.255 e. The van der Waals surface area contributed by atoms with E-state index in [1.54, 1.807) is 42.6 Å². The van der Waals surface area contributed by atoms with Crippen molar-refractivity contribution < 1.29 is 31.1 Å². The third kappa shape index (κ3) is 12.4. The summed E-state index contributed by atoms with van der Waals surface area (Å²) in [7, 11) is 3.95. The molecule has 0 unspecified atom stereocenters. The molecule has 2 amide bonds. The Labute approximate surface area is 362 Å². The van der Waals surface area contributed by atoms with Crippen LogP contribution in [0.5, 0.6) is 0 Å². The summed E-state index contributed by atoms with van der Waals surface area (Å²) in [4.78, 5) is 29.4. The lowest BCUT2D eigenvalue weighted by Crippen LogP contribution is -3.00. The molecule has 0 bridgehead atoms. The van der Waals surface area contributed by atoms with Gasteiger partial charge in [0.1, 0.15) is 14.1 Å². The zero-order chi connectivity index (χ0) is 41.1. The van der Waals surface area contributed by atoms with E-state index in [9.17, 15) is 9.59 Å². The molecule has 7 N–H and O–H groups in total. The van der Waals surface area contributed by atoms with Gasteiger partial charge in [-0.3, -0.25) is 14.6 Å². The maximum Gasteiger partial charge on any atom is 0.255 e. The first-order chi connectivity index (χ1) is 28.6. The molecule has 12 heteroatoms. The van der Waals surface area contributed by atoms with Gasteiger partial charge in [-0.25, -0.2) is 9.13 Å². The lowest BCUT2D eigenvalue weighted by molar-refractivity contribution is -0.671. The Hall–Kier alpha value is -7.76. The maximum absolute atomic E-state index is 12.7. The lowest BCUT2D eigenvalue weighted by Gasteiger charge is -2.11. The summed E-state index contributed by atoms with van der Waals surface area (Å²) in [5.41, 5.74) is 16.8. The molecule has 0 aliphatic carbocycles. The molecule has 8 aromatic rings. The van der Waals surface area contributed by atoms with Gasteiger partial charge in [-0.1, -0.05) is 19.1 Å². The molecule has 5 aromatic carbocycles. The van der Waals surface area contributed by atoms with Crippen molar-refractivity contribution in [2.24, 2.45) is 14.1 Å². The molecule has 0 saturated carbocycles. The first kappa shape index (κ1) is 44.3. The van der Waals surface area contributed by atoms with E-state index in [2.05, 4.69) is 50.6 Å². The van der Waals surface area contributed by atoms with Crippen molar-refractivity contribution in [1.29, 1.82) is 0 Å². The van der Waals surface area contributed by atoms with Gasteiger partial charge in [-0.15, -0.1) is 0 Å². The molecule has 3 heterocycles. The minimum absolute atomic E-state index is 0. The van der Waals surface area contributed by atoms with Crippen LogP contribution in [0.3, 0.4) is 0 Å². The molecule has 0 fully saturated rings. The molecule has 0 aliphatic heterocycles. The highest BCUT2D eigenvalue weighted by molar-refractivity contribution is 6.05. The van der Waals surface area contributed by atoms with E-state index in [1.165, 1.54) is 5.56 Å². The standard InChI is InChI=1S/C29H25N5O.C19H18N4O.CH4.ClH/c1-20-3-12-27-26(19-20)28(13-16-30-27)32-23-8-10-24(11-9-23)33-29(35)21-4-6-22(7-5-21)31-25-14-17-34(2)18-15-25;1-23-12-10-18(11-13-23)21-16-6-2-14(3-7-16)19(24)22-17-8-4-15(20)5-9-17;;/h3-19H,1-2H3,(H2,30,32,33,35);2-13H,20H2,1H3,(H,22,24);1H4;1H/p+1. The number of aromatic nitrogens is 3. The summed E-state index contributed by atoms with van der Waals surface area (Å²) in [5.74, 6) is -0.308. The Morgan fingerprint density at radius 3 is 1.38 bits per heavy atom. The number of aryl methyl sites for hydroxylation is 3. The van der Waals surface area contributed by atoms with Crippen LogP contribution in [0.2, 0.25) is 0 Å². The lowest BCUT2D eigenvalue weighted by atomic mass is 10.1. The van der Waals surface area contributed by atoms with Crippen molar-refractivity contribution in [2.75, 3.05) is 32.3 Å². The van der Waals surface area contributed by atoms with Gasteiger partial charge in [0.05, 0.1) is 16.9 Å². The van der Waals surface area contributed by atoms with Crippen LogP contribution in [0.15, 0.2) is 177 Å². The largest absolute Gasteiger partial charge is 1.00 e. The van der Waals surface area contributed by atoms with E-state index < -0.39 is 0 Å². The number of benzene rings is 5. The minimum atomic E-state index is -0.155. The zero-order valence-corrected chi connectivity index (χ0v) is 34.1. The van der Waals surface area contributed by atoms with Gasteiger partial charge in [0.25, 0.3) is 11.8 Å². The number of hydrogen-bond acceptors (Lipinski definition) is 7. The molecule has 0 spiro atoms. The summed E-state index contributed by atoms with van der Waals surface area (Å²) in [6, 6.07) is 45.6. The monoisotopic (exact) mass is 830 g/mol. The van der Waals surface area contributed by atoms with Crippen LogP contribution in [0.4, 0.5) is 51.2 Å². The van der Waals surface area contributed by atoms with E-state index in [0.29, 0.717) is 22.5 Å². The Morgan fingerprint density at radius 2 is 0.902 bits per heavy atom. The number of carbonyl (C=O) groups is 2. The predicted octanol–water partition coefficient (Wildman–Crippen LogP) is 6.84. The number of amides is 2. The number of rotatable bonds is 10. The number of anilines is 9. The van der Waals surface area contributed by atoms with Crippen LogP contribution in [-0.2, 0) is 14.1 Å². The second-order valence-corrected chi connectivity index (χ2v) is 14.0. The molecule has 3 aromatic heterocycles. The summed E-state index contributed by atoms with van der Waals surface area (Å²) >= 11 is 0. The fraction of sp³-hybridized carbons (Fsp3) is 0.0816. The number of carbonyl (C=O) groups excluding carboxylic acids is 2. The molecule has 0 radical (unpaired) electrons. The maximum atomic E-state index is 12.7. The number of nitrogen functional groups attached to an aromatic ring is 1. The zero-order valence-electron chi connectivity index (χ0n) is 33.4. The van der Waals surface area contributed by atoms with Gasteiger partial charge in [-0.05, 0) is 122 Å². The van der Waals surface area contributed by atoms with Crippen molar-refractivity contribution >= 4 is 73.9 Å². The topological polar surface area (TPSA) is 141 Å². The first-order valence-corrected chi connectivity index (χ1v) is 19.0. The van der Waals surface area contributed by atoms with Gasteiger partial charge < -0.3 is 44.7 Å². The van der Waals surface area contributed by atoms with Crippen molar-refractivity contribution in [3.8, 4) is 0 Å². The van der Waals surface area contributed by atoms with Crippen LogP contribution < -0.4 is 53.9 Å². The summed E-state index contributed by atoms with van der Waals surface area (Å²) < 4.78 is 3.94. The van der Waals surface area contributed by atoms with E-state index in [0.717, 1.165) is 50.7 Å². The molecule has 11 nitrogen and oxygen atoms in total. The Bertz CT molecular complexity index is 2670. The molecule has 0 aliphatic rings. The number of hydrogen-bond donors (Lipinski definition) is 6. The number of nitrogens with one attached hydrogen (secondary N) is 5. The van der Waals surface area contributed by atoms with Gasteiger partial charge in [0, 0.05) is 86.8 Å². The van der Waals surface area contributed by atoms with Gasteiger partial charge in [0.15, 0.2) is 24.8 Å². The second-order valence-electron chi connectivity index (χ2n) is 14.0. The first-order valence-electron chi connectivity index (χ1n) is 19.0. The fourth-order valence-electron chi connectivity index (χ4n) is 6.05. The highest BCUT2D eigenvalue weighted by atomic mass is 35.5. The van der Waals surface area contributed by atoms with E-state index in [1.807, 2.05) is 145 Å². The normalized spacial score (nSPS) is 10.1. The van der Waals surface area contributed by atoms with Crippen LogP contribution in [0.25, 0.3) is 10.9 Å². The van der Waals surface area contributed by atoms with Crippen LogP contribution in [-0.4, -0.2) is 16.8 Å². The average Bonchev–Trinajstić information content (AvgIpc) is 3.25. The van der Waals surface area contributed by atoms with Crippen molar-refractivity contribution in [2.45, 2.75) is 14.4 Å². The molecule has 0 atom stereocenters.